The number of rotatable bonds is 8. The molecule has 8 nitrogen and oxygen atoms in total. The van der Waals surface area contributed by atoms with Gasteiger partial charge in [0.25, 0.3) is 0 Å². The summed E-state index contributed by atoms with van der Waals surface area (Å²) in [6, 6.07) is 9.97. The zero-order chi connectivity index (χ0) is 23.4. The van der Waals surface area contributed by atoms with Gasteiger partial charge in [-0.1, -0.05) is 32.4 Å². The van der Waals surface area contributed by atoms with E-state index < -0.39 is 5.97 Å². The molecule has 33 heavy (non-hydrogen) atoms. The monoisotopic (exact) mass is 449 g/mol. The van der Waals surface area contributed by atoms with E-state index in [1.165, 1.54) is 18.2 Å². The maximum Gasteiger partial charge on any atom is 0.337 e. The smallest absolute Gasteiger partial charge is 0.337 e. The van der Waals surface area contributed by atoms with E-state index in [-0.39, 0.29) is 11.7 Å². The topological polar surface area (TPSA) is 100 Å². The molecule has 2 aromatic heterocycles. The quantitative estimate of drug-likeness (QED) is 0.496. The number of carboxylic acids is 1. The van der Waals surface area contributed by atoms with Crippen LogP contribution in [0.4, 0.5) is 17.5 Å². The number of aromatic nitrogens is 3. The van der Waals surface area contributed by atoms with Crippen LogP contribution in [0.15, 0.2) is 36.5 Å². The van der Waals surface area contributed by atoms with Crippen molar-refractivity contribution < 1.29 is 14.6 Å². The van der Waals surface area contributed by atoms with Crippen LogP contribution in [0.25, 0.3) is 11.0 Å². The Balaban J connectivity index is 1.70. The van der Waals surface area contributed by atoms with E-state index in [1.807, 2.05) is 19.1 Å². The number of fused-ring (bicyclic) bond motifs is 1. The summed E-state index contributed by atoms with van der Waals surface area (Å²) in [5.41, 5.74) is 2.77. The number of nitrogens with one attached hydrogen (secondary N) is 1. The lowest BCUT2D eigenvalue weighted by Gasteiger charge is -2.31. The van der Waals surface area contributed by atoms with Crippen LogP contribution in [0.5, 0.6) is 0 Å². The highest BCUT2D eigenvalue weighted by atomic mass is 16.5. The summed E-state index contributed by atoms with van der Waals surface area (Å²) in [7, 11) is 0. The Morgan fingerprint density at radius 1 is 1.27 bits per heavy atom. The Bertz CT molecular complexity index is 1120. The number of aromatic carboxylic acids is 1. The molecule has 1 fully saturated rings. The van der Waals surface area contributed by atoms with Gasteiger partial charge in [-0.2, -0.15) is 9.97 Å². The van der Waals surface area contributed by atoms with Crippen molar-refractivity contribution in [2.75, 3.05) is 29.9 Å². The summed E-state index contributed by atoms with van der Waals surface area (Å²) in [5, 5.41) is 13.4. The Hall–Kier alpha value is -3.26. The van der Waals surface area contributed by atoms with Crippen molar-refractivity contribution in [1.82, 2.24) is 15.0 Å². The second-order valence-corrected chi connectivity index (χ2v) is 8.54. The van der Waals surface area contributed by atoms with Crippen molar-refractivity contribution in [3.63, 3.8) is 0 Å². The Morgan fingerprint density at radius 3 is 2.73 bits per heavy atom. The van der Waals surface area contributed by atoms with Crippen LogP contribution in [-0.4, -0.2) is 51.8 Å². The van der Waals surface area contributed by atoms with Gasteiger partial charge in [-0.25, -0.2) is 9.78 Å². The maximum atomic E-state index is 11.5. The molecule has 2 unspecified atom stereocenters. The third-order valence-electron chi connectivity index (χ3n) is 6.09. The highest BCUT2D eigenvalue weighted by Crippen LogP contribution is 2.29. The first kappa shape index (κ1) is 22.9. The standard InChI is InChI=1S/C25H31N5O3/c1-4-6-17(5-2)18-7-9-20(10-8-18)27-23-21-13-19(24(31)32)14-26-22(21)28-25(29-23)30-11-12-33-16(3)15-30/h7-10,13-14,16-17H,4-6,11-12,15H2,1-3H3,(H,31,32)(H,26,27,28,29). The number of morpholine rings is 1. The number of carboxylic acid groups (broad SMARTS) is 1. The molecule has 1 saturated heterocycles. The number of anilines is 3. The lowest BCUT2D eigenvalue weighted by atomic mass is 9.92. The molecule has 0 amide bonds. The predicted octanol–water partition coefficient (Wildman–Crippen LogP) is 4.99. The Labute approximate surface area is 194 Å². The molecule has 3 aromatic rings. The first-order valence-electron chi connectivity index (χ1n) is 11.6. The normalized spacial score (nSPS) is 17.2. The fourth-order valence-corrected chi connectivity index (χ4v) is 4.28. The van der Waals surface area contributed by atoms with Gasteiger partial charge in [0.2, 0.25) is 5.95 Å². The molecule has 4 rings (SSSR count). The average molecular weight is 450 g/mol. The van der Waals surface area contributed by atoms with Crippen LogP contribution in [0.1, 0.15) is 61.9 Å². The van der Waals surface area contributed by atoms with Crippen LogP contribution in [-0.2, 0) is 4.74 Å². The molecule has 0 radical (unpaired) electrons. The second kappa shape index (κ2) is 10.1. The summed E-state index contributed by atoms with van der Waals surface area (Å²) >= 11 is 0. The fourth-order valence-electron chi connectivity index (χ4n) is 4.28. The molecule has 1 aliphatic rings. The number of pyridine rings is 1. The third kappa shape index (κ3) is 5.22. The molecule has 1 aliphatic heterocycles. The zero-order valence-electron chi connectivity index (χ0n) is 19.4. The van der Waals surface area contributed by atoms with Crippen LogP contribution >= 0.6 is 0 Å². The molecule has 1 aromatic carbocycles. The van der Waals surface area contributed by atoms with E-state index in [0.29, 0.717) is 48.4 Å². The van der Waals surface area contributed by atoms with Crippen molar-refractivity contribution in [3.8, 4) is 0 Å². The molecule has 0 saturated carbocycles. The van der Waals surface area contributed by atoms with Gasteiger partial charge in [-0.15, -0.1) is 0 Å². The lowest BCUT2D eigenvalue weighted by Crippen LogP contribution is -2.42. The number of hydrogen-bond donors (Lipinski definition) is 2. The van der Waals surface area contributed by atoms with Crippen LogP contribution < -0.4 is 10.2 Å². The van der Waals surface area contributed by atoms with Gasteiger partial charge in [0.15, 0.2) is 5.65 Å². The van der Waals surface area contributed by atoms with E-state index in [0.717, 1.165) is 18.5 Å². The highest BCUT2D eigenvalue weighted by Gasteiger charge is 2.22. The highest BCUT2D eigenvalue weighted by molar-refractivity contribution is 5.96. The molecule has 174 valence electrons. The summed E-state index contributed by atoms with van der Waals surface area (Å²) < 4.78 is 5.65. The number of carbonyl (C=O) groups is 1. The van der Waals surface area contributed by atoms with Crippen LogP contribution in [0.3, 0.4) is 0 Å². The van der Waals surface area contributed by atoms with Crippen molar-refractivity contribution in [3.05, 3.63) is 47.7 Å². The fraction of sp³-hybridized carbons (Fsp3) is 0.440. The van der Waals surface area contributed by atoms with Gasteiger partial charge in [-0.3, -0.25) is 0 Å². The SMILES string of the molecule is CCCC(CC)c1ccc(Nc2nc(N3CCOC(C)C3)nc3ncc(C(=O)O)cc23)cc1. The molecule has 2 atom stereocenters. The van der Waals surface area contributed by atoms with Crippen molar-refractivity contribution in [1.29, 1.82) is 0 Å². The zero-order valence-corrected chi connectivity index (χ0v) is 19.4. The van der Waals surface area contributed by atoms with Crippen LogP contribution in [0.2, 0.25) is 0 Å². The minimum absolute atomic E-state index is 0.0824. The minimum atomic E-state index is -1.03. The van der Waals surface area contributed by atoms with Gasteiger partial charge in [0, 0.05) is 25.0 Å². The number of nitrogens with zero attached hydrogens (tertiary/aromatic N) is 4. The molecular formula is C25H31N5O3. The van der Waals surface area contributed by atoms with Crippen molar-refractivity contribution in [2.24, 2.45) is 0 Å². The predicted molar refractivity (Wildman–Crippen MR) is 130 cm³/mol. The maximum absolute atomic E-state index is 11.5. The molecule has 3 heterocycles. The molecule has 0 bridgehead atoms. The van der Waals surface area contributed by atoms with Crippen molar-refractivity contribution in [2.45, 2.75) is 52.1 Å². The average Bonchev–Trinajstić information content (AvgIpc) is 2.82. The largest absolute Gasteiger partial charge is 0.478 e. The molecule has 0 spiro atoms. The van der Waals surface area contributed by atoms with Gasteiger partial charge >= 0.3 is 5.97 Å². The lowest BCUT2D eigenvalue weighted by molar-refractivity contribution is 0.0526. The Kier molecular flexibility index (Phi) is 7.03. The summed E-state index contributed by atoms with van der Waals surface area (Å²) in [6.07, 6.45) is 4.86. The van der Waals surface area contributed by atoms with Crippen LogP contribution in [0, 0.1) is 0 Å². The number of hydrogen-bond acceptors (Lipinski definition) is 7. The molecular weight excluding hydrogens is 418 g/mol. The minimum Gasteiger partial charge on any atom is -0.478 e. The van der Waals surface area contributed by atoms with E-state index in [1.54, 1.807) is 6.07 Å². The van der Waals surface area contributed by atoms with Crippen molar-refractivity contribution >= 4 is 34.5 Å². The first-order chi connectivity index (χ1) is 16.0. The third-order valence-corrected chi connectivity index (χ3v) is 6.09. The number of ether oxygens (including phenoxy) is 1. The summed E-state index contributed by atoms with van der Waals surface area (Å²) in [5.74, 6) is 0.618. The first-order valence-corrected chi connectivity index (χ1v) is 11.6. The van der Waals surface area contributed by atoms with Gasteiger partial charge in [0.05, 0.1) is 23.7 Å². The molecule has 8 heteroatoms. The summed E-state index contributed by atoms with van der Waals surface area (Å²) in [6.45, 7) is 8.43. The van der Waals surface area contributed by atoms with E-state index in [4.69, 9.17) is 9.72 Å². The summed E-state index contributed by atoms with van der Waals surface area (Å²) in [4.78, 5) is 27.3. The second-order valence-electron chi connectivity index (χ2n) is 8.54. The Morgan fingerprint density at radius 2 is 2.06 bits per heavy atom. The molecule has 0 aliphatic carbocycles. The van der Waals surface area contributed by atoms with Gasteiger partial charge in [-0.05, 0) is 49.4 Å². The van der Waals surface area contributed by atoms with E-state index in [2.05, 4.69) is 46.2 Å². The van der Waals surface area contributed by atoms with Gasteiger partial charge < -0.3 is 20.1 Å². The van der Waals surface area contributed by atoms with Gasteiger partial charge in [0.1, 0.15) is 5.82 Å². The van der Waals surface area contributed by atoms with E-state index in [9.17, 15) is 9.90 Å². The molecule has 2 N–H and O–H groups in total. The number of benzene rings is 1. The van der Waals surface area contributed by atoms with E-state index >= 15 is 0 Å².